The van der Waals surface area contributed by atoms with Crippen LogP contribution in [0.5, 0.6) is 0 Å². The van der Waals surface area contributed by atoms with E-state index >= 15 is 0 Å². The molecule has 0 amide bonds. The topological polar surface area (TPSA) is 83.9 Å². The average molecular weight is 321 g/mol. The Morgan fingerprint density at radius 1 is 1.50 bits per heavy atom. The summed E-state index contributed by atoms with van der Waals surface area (Å²) in [5.74, 6) is -1.12. The van der Waals surface area contributed by atoms with Crippen molar-refractivity contribution in [1.29, 1.82) is 0 Å². The van der Waals surface area contributed by atoms with Crippen LogP contribution in [0.2, 0.25) is 0 Å². The number of aromatic carboxylic acids is 1. The van der Waals surface area contributed by atoms with Crippen molar-refractivity contribution in [3.05, 3.63) is 17.0 Å². The van der Waals surface area contributed by atoms with Crippen LogP contribution in [0.4, 0.5) is 0 Å². The number of hydrogen-bond donors (Lipinski definition) is 1. The lowest BCUT2D eigenvalue weighted by molar-refractivity contribution is 0.0702. The number of nitrogens with zero attached hydrogens (tertiary/aromatic N) is 1. The Balaban J connectivity index is 3.10. The van der Waals surface area contributed by atoms with Gasteiger partial charge < -0.3 is 9.84 Å². The fraction of sp³-hybridized carbons (Fsp3) is 0.583. The molecule has 20 heavy (non-hydrogen) atoms. The zero-order chi connectivity index (χ0) is 15.3. The van der Waals surface area contributed by atoms with E-state index < -0.39 is 16.0 Å². The predicted octanol–water partition coefficient (Wildman–Crippen LogP) is 1.88. The molecule has 0 radical (unpaired) electrons. The standard InChI is InChI=1S/C12H19NO5S2/c1-4-9(2)13(7-8-18-3)20(16,17)11-6-5-10(19-11)12(14)15/h5-6,9H,4,7-8H2,1-3H3,(H,14,15). The first-order valence-corrected chi connectivity index (χ1v) is 8.44. The highest BCUT2D eigenvalue weighted by atomic mass is 32.2. The maximum atomic E-state index is 12.6. The number of sulfonamides is 1. The summed E-state index contributed by atoms with van der Waals surface area (Å²) in [6, 6.07) is 2.47. The van der Waals surface area contributed by atoms with E-state index in [-0.39, 0.29) is 21.7 Å². The minimum absolute atomic E-state index is 0.0134. The monoisotopic (exact) mass is 321 g/mol. The molecule has 1 atom stereocenters. The zero-order valence-electron chi connectivity index (χ0n) is 11.7. The van der Waals surface area contributed by atoms with Gasteiger partial charge in [-0.2, -0.15) is 4.31 Å². The maximum Gasteiger partial charge on any atom is 0.345 e. The Hall–Kier alpha value is -0.960. The van der Waals surface area contributed by atoms with Crippen molar-refractivity contribution in [2.75, 3.05) is 20.3 Å². The van der Waals surface area contributed by atoms with Gasteiger partial charge in [0.15, 0.2) is 0 Å². The summed E-state index contributed by atoms with van der Waals surface area (Å²) in [5.41, 5.74) is 0. The van der Waals surface area contributed by atoms with Gasteiger partial charge in [-0.1, -0.05) is 6.92 Å². The summed E-state index contributed by atoms with van der Waals surface area (Å²) in [5, 5.41) is 8.88. The molecular weight excluding hydrogens is 302 g/mol. The maximum absolute atomic E-state index is 12.6. The Labute approximate surface area is 123 Å². The van der Waals surface area contributed by atoms with Crippen LogP contribution in [-0.2, 0) is 14.8 Å². The van der Waals surface area contributed by atoms with Gasteiger partial charge in [0.05, 0.1) is 6.61 Å². The highest BCUT2D eigenvalue weighted by Crippen LogP contribution is 2.26. The van der Waals surface area contributed by atoms with Crippen LogP contribution >= 0.6 is 11.3 Å². The number of methoxy groups -OCH3 is 1. The SMILES string of the molecule is CCC(C)N(CCOC)S(=O)(=O)c1ccc(C(=O)O)s1. The molecule has 0 saturated heterocycles. The molecule has 0 fully saturated rings. The summed E-state index contributed by atoms with van der Waals surface area (Å²) in [7, 11) is -2.18. The Morgan fingerprint density at radius 2 is 2.15 bits per heavy atom. The predicted molar refractivity (Wildman–Crippen MR) is 76.8 cm³/mol. The number of carbonyl (C=O) groups is 1. The number of carboxylic acids is 1. The lowest BCUT2D eigenvalue weighted by Crippen LogP contribution is -2.40. The number of hydrogen-bond acceptors (Lipinski definition) is 5. The van der Waals surface area contributed by atoms with Crippen molar-refractivity contribution in [1.82, 2.24) is 4.31 Å². The first-order chi connectivity index (χ1) is 9.34. The molecule has 1 aromatic rings. The molecule has 0 aliphatic rings. The molecule has 1 N–H and O–H groups in total. The molecule has 8 heteroatoms. The zero-order valence-corrected chi connectivity index (χ0v) is 13.3. The van der Waals surface area contributed by atoms with E-state index in [2.05, 4.69) is 0 Å². The van der Waals surface area contributed by atoms with E-state index in [0.717, 1.165) is 11.3 Å². The normalized spacial score (nSPS) is 13.6. The van der Waals surface area contributed by atoms with Gasteiger partial charge in [-0.15, -0.1) is 11.3 Å². The summed E-state index contributed by atoms with van der Waals surface area (Å²) in [6.45, 7) is 4.25. The number of ether oxygens (including phenoxy) is 1. The van der Waals surface area contributed by atoms with Gasteiger partial charge in [0.2, 0.25) is 0 Å². The van der Waals surface area contributed by atoms with Gasteiger partial charge in [-0.3, -0.25) is 0 Å². The Kier molecular flexibility index (Phi) is 6.12. The summed E-state index contributed by atoms with van der Waals surface area (Å²) in [6.07, 6.45) is 0.667. The Morgan fingerprint density at radius 3 is 2.60 bits per heavy atom. The van der Waals surface area contributed by atoms with E-state index in [0.29, 0.717) is 13.0 Å². The highest BCUT2D eigenvalue weighted by molar-refractivity contribution is 7.91. The second kappa shape index (κ2) is 7.16. The van der Waals surface area contributed by atoms with Crippen LogP contribution in [0.25, 0.3) is 0 Å². The van der Waals surface area contributed by atoms with E-state index in [9.17, 15) is 13.2 Å². The molecule has 1 unspecified atom stereocenters. The van der Waals surface area contributed by atoms with E-state index in [4.69, 9.17) is 9.84 Å². The smallest absolute Gasteiger partial charge is 0.345 e. The molecule has 1 rings (SSSR count). The molecule has 0 saturated carbocycles. The molecule has 6 nitrogen and oxygen atoms in total. The second-order valence-corrected chi connectivity index (χ2v) is 7.49. The minimum Gasteiger partial charge on any atom is -0.477 e. The van der Waals surface area contributed by atoms with Crippen molar-refractivity contribution in [3.63, 3.8) is 0 Å². The fourth-order valence-electron chi connectivity index (χ4n) is 1.65. The quantitative estimate of drug-likeness (QED) is 0.790. The third-order valence-corrected chi connectivity index (χ3v) is 6.51. The fourth-order valence-corrected chi connectivity index (χ4v) is 4.61. The number of rotatable bonds is 8. The van der Waals surface area contributed by atoms with E-state index in [1.165, 1.54) is 23.5 Å². The van der Waals surface area contributed by atoms with Crippen molar-refractivity contribution in [3.8, 4) is 0 Å². The number of carboxylic acid groups (broad SMARTS) is 1. The first kappa shape index (κ1) is 17.1. The van der Waals surface area contributed by atoms with E-state index in [1.54, 1.807) is 0 Å². The van der Waals surface area contributed by atoms with Crippen LogP contribution in [0, 0.1) is 0 Å². The lowest BCUT2D eigenvalue weighted by atomic mass is 10.3. The minimum atomic E-state index is -3.69. The van der Waals surface area contributed by atoms with Crippen LogP contribution < -0.4 is 0 Å². The summed E-state index contributed by atoms with van der Waals surface area (Å²) >= 11 is 0.768. The third-order valence-electron chi connectivity index (χ3n) is 2.95. The molecule has 0 aromatic carbocycles. The summed E-state index contributed by atoms with van der Waals surface area (Å²) < 4.78 is 31.5. The molecule has 1 aromatic heterocycles. The van der Waals surface area contributed by atoms with Crippen LogP contribution in [0.1, 0.15) is 29.9 Å². The average Bonchev–Trinajstić information content (AvgIpc) is 2.89. The van der Waals surface area contributed by atoms with Crippen molar-refractivity contribution >= 4 is 27.3 Å². The van der Waals surface area contributed by atoms with Gasteiger partial charge in [0, 0.05) is 19.7 Å². The van der Waals surface area contributed by atoms with Crippen LogP contribution in [0.3, 0.4) is 0 Å². The van der Waals surface area contributed by atoms with Gasteiger partial charge >= 0.3 is 5.97 Å². The van der Waals surface area contributed by atoms with Gasteiger partial charge in [-0.05, 0) is 25.5 Å². The summed E-state index contributed by atoms with van der Waals surface area (Å²) in [4.78, 5) is 10.9. The first-order valence-electron chi connectivity index (χ1n) is 6.18. The molecule has 0 spiro atoms. The van der Waals surface area contributed by atoms with Crippen molar-refractivity contribution in [2.45, 2.75) is 30.5 Å². The third kappa shape index (κ3) is 3.78. The molecule has 114 valence electrons. The Bertz CT molecular complexity index is 552. The highest BCUT2D eigenvalue weighted by Gasteiger charge is 2.29. The number of thiophene rings is 1. The van der Waals surface area contributed by atoms with Gasteiger partial charge in [-0.25, -0.2) is 13.2 Å². The van der Waals surface area contributed by atoms with Crippen LogP contribution in [0.15, 0.2) is 16.3 Å². The lowest BCUT2D eigenvalue weighted by Gasteiger charge is -2.26. The van der Waals surface area contributed by atoms with Gasteiger partial charge in [0.1, 0.15) is 9.09 Å². The van der Waals surface area contributed by atoms with Crippen LogP contribution in [-0.4, -0.2) is 50.1 Å². The molecule has 0 aliphatic heterocycles. The molecular formula is C12H19NO5S2. The largest absolute Gasteiger partial charge is 0.477 e. The molecule has 0 bridgehead atoms. The van der Waals surface area contributed by atoms with Gasteiger partial charge in [0.25, 0.3) is 10.0 Å². The molecule has 0 aliphatic carbocycles. The van der Waals surface area contributed by atoms with Crippen molar-refractivity contribution in [2.24, 2.45) is 0 Å². The second-order valence-electron chi connectivity index (χ2n) is 4.29. The van der Waals surface area contributed by atoms with Crippen molar-refractivity contribution < 1.29 is 23.1 Å². The molecule has 1 heterocycles. The van der Waals surface area contributed by atoms with E-state index in [1.807, 2.05) is 13.8 Å².